The molecule has 0 fully saturated rings. The van der Waals surface area contributed by atoms with Crippen molar-refractivity contribution < 1.29 is 0 Å². The Kier molecular flexibility index (Phi) is 6.40. The van der Waals surface area contributed by atoms with E-state index in [0.717, 1.165) is 17.1 Å². The molecule has 0 radical (unpaired) electrons. The van der Waals surface area contributed by atoms with Crippen molar-refractivity contribution in [2.75, 3.05) is 4.90 Å². The van der Waals surface area contributed by atoms with E-state index >= 15 is 0 Å². The Hall–Kier alpha value is -5.70. The quantitative estimate of drug-likeness (QED) is 0.189. The second-order valence-electron chi connectivity index (χ2n) is 11.8. The number of anilines is 3. The third kappa shape index (κ3) is 4.54. The third-order valence-corrected chi connectivity index (χ3v) is 10.2. The number of rotatable bonds is 5. The molecule has 9 aromatic rings. The highest BCUT2D eigenvalue weighted by molar-refractivity contribution is 7.25. The van der Waals surface area contributed by atoms with Crippen LogP contribution in [0.5, 0.6) is 0 Å². The van der Waals surface area contributed by atoms with E-state index in [2.05, 4.69) is 181 Å². The Morgan fingerprint density at radius 3 is 1.67 bits per heavy atom. The van der Waals surface area contributed by atoms with Crippen molar-refractivity contribution in [3.05, 3.63) is 176 Å². The molecule has 0 atom stereocenters. The Bertz CT molecular complexity index is 2530. The molecule has 0 unspecified atom stereocenters. The minimum atomic E-state index is 1.13. The molecule has 0 saturated carbocycles. The van der Waals surface area contributed by atoms with Gasteiger partial charge in [0.2, 0.25) is 0 Å². The maximum absolute atomic E-state index is 2.39. The van der Waals surface area contributed by atoms with Gasteiger partial charge in [0.15, 0.2) is 0 Å². The summed E-state index contributed by atoms with van der Waals surface area (Å²) in [5.74, 6) is 0. The first-order valence-corrected chi connectivity index (χ1v) is 16.5. The summed E-state index contributed by atoms with van der Waals surface area (Å²) in [6, 6.07) is 64.0. The average molecular weight is 604 g/mol. The second kappa shape index (κ2) is 11.0. The van der Waals surface area contributed by atoms with Gasteiger partial charge in [-0.3, -0.25) is 0 Å². The number of nitrogens with zero attached hydrogens (tertiary/aromatic N) is 1. The first kappa shape index (κ1) is 26.7. The first-order valence-electron chi connectivity index (χ1n) is 15.7. The molecule has 1 nitrogen and oxygen atoms in total. The molecule has 9 rings (SSSR count). The molecule has 216 valence electrons. The SMILES string of the molecule is c1ccc(-c2cccc3c(-c4ccc(N(c5ccc6ccccc6c5)c5ccc6sc7ccccc7c6c5)cc4)cccc23)cc1. The van der Waals surface area contributed by atoms with E-state index in [9.17, 15) is 0 Å². The number of thiophene rings is 1. The fraction of sp³-hybridized carbons (Fsp3) is 0. The van der Waals surface area contributed by atoms with E-state index in [1.54, 1.807) is 0 Å². The van der Waals surface area contributed by atoms with Gasteiger partial charge in [0.1, 0.15) is 0 Å². The van der Waals surface area contributed by atoms with Gasteiger partial charge in [0, 0.05) is 37.2 Å². The molecule has 2 heteroatoms. The van der Waals surface area contributed by atoms with E-state index in [1.165, 1.54) is 64.0 Å². The van der Waals surface area contributed by atoms with Gasteiger partial charge in [0.05, 0.1) is 0 Å². The van der Waals surface area contributed by atoms with Crippen LogP contribution in [0.2, 0.25) is 0 Å². The normalized spacial score (nSPS) is 11.5. The van der Waals surface area contributed by atoms with Crippen LogP contribution in [0.15, 0.2) is 176 Å². The van der Waals surface area contributed by atoms with Crippen molar-refractivity contribution in [1.82, 2.24) is 0 Å². The Morgan fingerprint density at radius 2 is 0.891 bits per heavy atom. The van der Waals surface area contributed by atoms with Crippen LogP contribution in [-0.4, -0.2) is 0 Å². The molecule has 0 amide bonds. The van der Waals surface area contributed by atoms with E-state index in [4.69, 9.17) is 0 Å². The minimum Gasteiger partial charge on any atom is -0.310 e. The smallest absolute Gasteiger partial charge is 0.0468 e. The predicted octanol–water partition coefficient (Wildman–Crippen LogP) is 13.2. The van der Waals surface area contributed by atoms with Gasteiger partial charge in [-0.2, -0.15) is 0 Å². The minimum absolute atomic E-state index is 1.13. The van der Waals surface area contributed by atoms with Gasteiger partial charge < -0.3 is 4.90 Å². The van der Waals surface area contributed by atoms with E-state index in [-0.39, 0.29) is 0 Å². The lowest BCUT2D eigenvalue weighted by Crippen LogP contribution is -2.09. The van der Waals surface area contributed by atoms with Crippen molar-refractivity contribution >= 4 is 70.1 Å². The summed E-state index contributed by atoms with van der Waals surface area (Å²) in [4.78, 5) is 2.39. The van der Waals surface area contributed by atoms with Crippen LogP contribution >= 0.6 is 11.3 Å². The number of hydrogen-bond acceptors (Lipinski definition) is 2. The summed E-state index contributed by atoms with van der Waals surface area (Å²) in [7, 11) is 0. The van der Waals surface area contributed by atoms with Crippen molar-refractivity contribution in [1.29, 1.82) is 0 Å². The highest BCUT2D eigenvalue weighted by atomic mass is 32.1. The van der Waals surface area contributed by atoms with Crippen LogP contribution < -0.4 is 4.90 Å². The van der Waals surface area contributed by atoms with Crippen LogP contribution in [0.4, 0.5) is 17.1 Å². The molecular formula is C44H29NS. The number of fused-ring (bicyclic) bond motifs is 5. The Labute approximate surface area is 272 Å². The molecule has 0 aliphatic carbocycles. The molecular weight excluding hydrogens is 575 g/mol. The topological polar surface area (TPSA) is 3.24 Å². The van der Waals surface area contributed by atoms with Crippen LogP contribution in [0, 0.1) is 0 Å². The zero-order valence-corrected chi connectivity index (χ0v) is 25.9. The molecule has 0 bridgehead atoms. The third-order valence-electron chi connectivity index (χ3n) is 9.05. The zero-order valence-electron chi connectivity index (χ0n) is 25.1. The summed E-state index contributed by atoms with van der Waals surface area (Å²) in [5, 5.41) is 7.61. The highest BCUT2D eigenvalue weighted by Gasteiger charge is 2.16. The van der Waals surface area contributed by atoms with Crippen LogP contribution in [0.25, 0.3) is 64.0 Å². The van der Waals surface area contributed by atoms with Gasteiger partial charge in [-0.1, -0.05) is 127 Å². The maximum Gasteiger partial charge on any atom is 0.0468 e. The molecule has 46 heavy (non-hydrogen) atoms. The number of hydrogen-bond donors (Lipinski definition) is 0. The molecule has 0 aliphatic heterocycles. The van der Waals surface area contributed by atoms with Crippen LogP contribution in [0.3, 0.4) is 0 Å². The molecule has 0 spiro atoms. The molecule has 0 saturated heterocycles. The maximum atomic E-state index is 2.39. The van der Waals surface area contributed by atoms with E-state index in [1.807, 2.05) is 11.3 Å². The fourth-order valence-electron chi connectivity index (χ4n) is 6.84. The summed E-state index contributed by atoms with van der Waals surface area (Å²) < 4.78 is 2.63. The largest absolute Gasteiger partial charge is 0.310 e. The highest BCUT2D eigenvalue weighted by Crippen LogP contribution is 2.42. The molecule has 0 aliphatic rings. The summed E-state index contributed by atoms with van der Waals surface area (Å²) >= 11 is 1.86. The summed E-state index contributed by atoms with van der Waals surface area (Å²) in [6.07, 6.45) is 0. The fourth-order valence-corrected chi connectivity index (χ4v) is 7.92. The average Bonchev–Trinajstić information content (AvgIpc) is 3.50. The second-order valence-corrected chi connectivity index (χ2v) is 12.8. The molecule has 8 aromatic carbocycles. The monoisotopic (exact) mass is 603 g/mol. The predicted molar refractivity (Wildman–Crippen MR) is 200 cm³/mol. The van der Waals surface area contributed by atoms with Gasteiger partial charge >= 0.3 is 0 Å². The summed E-state index contributed by atoms with van der Waals surface area (Å²) in [5.41, 5.74) is 8.36. The van der Waals surface area contributed by atoms with Crippen molar-refractivity contribution in [2.24, 2.45) is 0 Å². The Balaban J connectivity index is 1.18. The number of benzene rings is 8. The standard InChI is InChI=1S/C44H29NS/c1-2-11-31(12-3-1)37-15-8-18-40-38(16-9-17-39(37)40)32-21-23-34(24-22-32)45(35-25-20-30-10-4-5-13-33(30)28-35)36-26-27-44-42(29-36)41-14-6-7-19-43(41)46-44/h1-29H. The van der Waals surface area contributed by atoms with E-state index in [0.29, 0.717) is 0 Å². The molecule has 0 N–H and O–H groups in total. The molecule has 1 heterocycles. The van der Waals surface area contributed by atoms with Crippen molar-refractivity contribution in [2.45, 2.75) is 0 Å². The first-order chi connectivity index (χ1) is 22.8. The lowest BCUT2D eigenvalue weighted by atomic mass is 9.93. The molecule has 1 aromatic heterocycles. The lowest BCUT2D eigenvalue weighted by molar-refractivity contribution is 1.30. The van der Waals surface area contributed by atoms with Crippen LogP contribution in [0.1, 0.15) is 0 Å². The van der Waals surface area contributed by atoms with Gasteiger partial charge in [0.25, 0.3) is 0 Å². The van der Waals surface area contributed by atoms with Gasteiger partial charge in [-0.15, -0.1) is 11.3 Å². The van der Waals surface area contributed by atoms with Crippen LogP contribution in [-0.2, 0) is 0 Å². The summed E-state index contributed by atoms with van der Waals surface area (Å²) in [6.45, 7) is 0. The van der Waals surface area contributed by atoms with Crippen molar-refractivity contribution in [3.8, 4) is 22.3 Å². The van der Waals surface area contributed by atoms with Gasteiger partial charge in [-0.25, -0.2) is 0 Å². The van der Waals surface area contributed by atoms with E-state index < -0.39 is 0 Å². The zero-order chi connectivity index (χ0) is 30.5. The van der Waals surface area contributed by atoms with Gasteiger partial charge in [-0.05, 0) is 92.3 Å². The van der Waals surface area contributed by atoms with Crippen molar-refractivity contribution in [3.63, 3.8) is 0 Å². The lowest BCUT2D eigenvalue weighted by Gasteiger charge is -2.26. The Morgan fingerprint density at radius 1 is 0.326 bits per heavy atom.